The number of rotatable bonds is 1. The highest BCUT2D eigenvalue weighted by molar-refractivity contribution is 8.08. The number of carbonyl (C=O) groups excluding carboxylic acids is 3. The smallest absolute Gasteiger partial charge is 0.263 e. The van der Waals surface area contributed by atoms with Gasteiger partial charge in [0.1, 0.15) is 0 Å². The number of hydrogen-bond donors (Lipinski definition) is 3. The first-order valence-electron chi connectivity index (χ1n) is 7.38. The zero-order valence-corrected chi connectivity index (χ0v) is 15.3. The SMILES string of the molecule is NC(=O)c1ccc2c(c1)NC(=O)/C(=C1/Sc3cc(Cl)ccc3NC1=O)S2. The van der Waals surface area contributed by atoms with Gasteiger partial charge in [0.05, 0.1) is 21.2 Å². The minimum Gasteiger partial charge on any atom is -0.366 e. The quantitative estimate of drug-likeness (QED) is 0.633. The second kappa shape index (κ2) is 6.39. The van der Waals surface area contributed by atoms with Crippen molar-refractivity contribution in [2.75, 3.05) is 10.6 Å². The zero-order chi connectivity index (χ0) is 18.4. The first-order valence-corrected chi connectivity index (χ1v) is 9.39. The van der Waals surface area contributed by atoms with Crippen LogP contribution in [0.3, 0.4) is 0 Å². The van der Waals surface area contributed by atoms with E-state index in [9.17, 15) is 14.4 Å². The average Bonchev–Trinajstić information content (AvgIpc) is 2.60. The van der Waals surface area contributed by atoms with Crippen LogP contribution in [0.5, 0.6) is 0 Å². The number of carbonyl (C=O) groups is 3. The van der Waals surface area contributed by atoms with Gasteiger partial charge in [-0.25, -0.2) is 0 Å². The highest BCUT2D eigenvalue weighted by Crippen LogP contribution is 2.47. The minimum atomic E-state index is -0.577. The van der Waals surface area contributed by atoms with Crippen LogP contribution in [0.4, 0.5) is 11.4 Å². The van der Waals surface area contributed by atoms with Gasteiger partial charge in [0.15, 0.2) is 0 Å². The number of hydrogen-bond acceptors (Lipinski definition) is 5. The molecule has 0 fully saturated rings. The van der Waals surface area contributed by atoms with Crippen LogP contribution in [-0.2, 0) is 9.59 Å². The summed E-state index contributed by atoms with van der Waals surface area (Å²) in [6, 6.07) is 9.94. The summed E-state index contributed by atoms with van der Waals surface area (Å²) in [6.45, 7) is 0. The summed E-state index contributed by atoms with van der Waals surface area (Å²) in [5, 5.41) is 6.03. The Kier molecular flexibility index (Phi) is 4.18. The van der Waals surface area contributed by atoms with Crippen LogP contribution in [0.25, 0.3) is 0 Å². The Hall–Kier alpha value is -2.42. The van der Waals surface area contributed by atoms with E-state index in [1.165, 1.54) is 29.6 Å². The maximum Gasteiger partial charge on any atom is 0.263 e. The number of halogens is 1. The zero-order valence-electron chi connectivity index (χ0n) is 13.0. The topological polar surface area (TPSA) is 101 Å². The van der Waals surface area contributed by atoms with Crippen molar-refractivity contribution in [3.8, 4) is 0 Å². The van der Waals surface area contributed by atoms with Crippen molar-refractivity contribution in [3.63, 3.8) is 0 Å². The lowest BCUT2D eigenvalue weighted by atomic mass is 10.2. The molecular formula is C17H10ClN3O3S2. The number of primary amides is 1. The molecule has 6 nitrogen and oxygen atoms in total. The second-order valence-corrected chi connectivity index (χ2v) is 8.03. The molecule has 0 spiro atoms. The summed E-state index contributed by atoms with van der Waals surface area (Å²) in [6.07, 6.45) is 0. The summed E-state index contributed by atoms with van der Waals surface area (Å²) in [4.78, 5) is 38.4. The molecular weight excluding hydrogens is 394 g/mol. The summed E-state index contributed by atoms with van der Waals surface area (Å²) < 4.78 is 0. The predicted molar refractivity (Wildman–Crippen MR) is 102 cm³/mol. The lowest BCUT2D eigenvalue weighted by Crippen LogP contribution is -2.25. The fourth-order valence-electron chi connectivity index (χ4n) is 2.52. The number of anilines is 2. The summed E-state index contributed by atoms with van der Waals surface area (Å²) in [5.74, 6) is -1.33. The molecule has 2 aliphatic heterocycles. The molecule has 130 valence electrons. The van der Waals surface area contributed by atoms with Gasteiger partial charge in [-0.05, 0) is 36.4 Å². The molecule has 0 saturated heterocycles. The Morgan fingerprint density at radius 3 is 2.23 bits per heavy atom. The average molecular weight is 404 g/mol. The van der Waals surface area contributed by atoms with Crippen LogP contribution in [0, 0.1) is 0 Å². The summed E-state index contributed by atoms with van der Waals surface area (Å²) in [7, 11) is 0. The predicted octanol–water partition coefficient (Wildman–Crippen LogP) is 3.44. The normalized spacial score (nSPS) is 18.5. The third kappa shape index (κ3) is 2.96. The number of amides is 3. The molecule has 0 unspecified atom stereocenters. The van der Waals surface area contributed by atoms with Gasteiger partial charge in [0.25, 0.3) is 11.8 Å². The molecule has 0 saturated carbocycles. The van der Waals surface area contributed by atoms with Crippen LogP contribution < -0.4 is 16.4 Å². The van der Waals surface area contributed by atoms with Crippen molar-refractivity contribution in [2.24, 2.45) is 5.73 Å². The van der Waals surface area contributed by atoms with Crippen molar-refractivity contribution in [3.05, 3.63) is 56.8 Å². The van der Waals surface area contributed by atoms with Crippen LogP contribution >= 0.6 is 35.1 Å². The number of benzene rings is 2. The molecule has 4 N–H and O–H groups in total. The Morgan fingerprint density at radius 1 is 0.885 bits per heavy atom. The Balaban J connectivity index is 1.74. The monoisotopic (exact) mass is 403 g/mol. The standard InChI is InChI=1S/C17H10ClN3O3S2/c18-8-2-3-9-12(6-8)26-14(16(23)20-9)13-17(24)21-10-5-7(15(19)22)1-4-11(10)25-13/h1-6H,(H2,19,22)(H,20,23)(H,21,24)/b14-13-. The maximum atomic E-state index is 12.5. The Bertz CT molecular complexity index is 1040. The van der Waals surface area contributed by atoms with Crippen molar-refractivity contribution < 1.29 is 14.4 Å². The molecule has 2 aromatic rings. The molecule has 0 radical (unpaired) electrons. The summed E-state index contributed by atoms with van der Waals surface area (Å²) >= 11 is 8.39. The van der Waals surface area contributed by atoms with Crippen molar-refractivity contribution in [2.45, 2.75) is 9.79 Å². The Labute approximate surface area is 161 Å². The van der Waals surface area contributed by atoms with E-state index in [-0.39, 0.29) is 10.8 Å². The molecule has 26 heavy (non-hydrogen) atoms. The van der Waals surface area contributed by atoms with Crippen LogP contribution in [0.1, 0.15) is 10.4 Å². The van der Waals surface area contributed by atoms with Gasteiger partial charge in [0.2, 0.25) is 5.91 Å². The van der Waals surface area contributed by atoms with Crippen LogP contribution in [0.2, 0.25) is 5.02 Å². The molecule has 0 aromatic heterocycles. The van der Waals surface area contributed by atoms with Crippen molar-refractivity contribution in [1.82, 2.24) is 0 Å². The summed E-state index contributed by atoms with van der Waals surface area (Å²) in [5.41, 5.74) is 6.71. The van der Waals surface area contributed by atoms with Gasteiger partial charge < -0.3 is 16.4 Å². The van der Waals surface area contributed by atoms with E-state index >= 15 is 0 Å². The van der Waals surface area contributed by atoms with Gasteiger partial charge in [-0.3, -0.25) is 14.4 Å². The lowest BCUT2D eigenvalue weighted by molar-refractivity contribution is -0.114. The molecule has 0 atom stereocenters. The molecule has 3 amide bonds. The molecule has 2 aromatic carbocycles. The molecule has 2 aliphatic rings. The number of nitrogens with one attached hydrogen (secondary N) is 2. The van der Waals surface area contributed by atoms with E-state index in [2.05, 4.69) is 10.6 Å². The third-order valence-electron chi connectivity index (χ3n) is 3.75. The lowest BCUT2D eigenvalue weighted by Gasteiger charge is -2.24. The van der Waals surface area contributed by atoms with E-state index in [1.807, 2.05) is 0 Å². The maximum absolute atomic E-state index is 12.5. The number of fused-ring (bicyclic) bond motifs is 2. The van der Waals surface area contributed by atoms with E-state index in [0.717, 1.165) is 9.79 Å². The van der Waals surface area contributed by atoms with E-state index in [1.54, 1.807) is 30.3 Å². The Morgan fingerprint density at radius 2 is 1.54 bits per heavy atom. The number of nitrogens with two attached hydrogens (primary N) is 1. The molecule has 0 bridgehead atoms. The highest BCUT2D eigenvalue weighted by atomic mass is 35.5. The van der Waals surface area contributed by atoms with Gasteiger partial charge in [-0.2, -0.15) is 0 Å². The third-order valence-corrected chi connectivity index (χ3v) is 6.43. The van der Waals surface area contributed by atoms with E-state index < -0.39 is 11.8 Å². The van der Waals surface area contributed by atoms with E-state index in [4.69, 9.17) is 17.3 Å². The van der Waals surface area contributed by atoms with Crippen LogP contribution in [-0.4, -0.2) is 17.7 Å². The largest absolute Gasteiger partial charge is 0.366 e. The molecule has 4 rings (SSSR count). The fraction of sp³-hybridized carbons (Fsp3) is 0. The van der Waals surface area contributed by atoms with Gasteiger partial charge >= 0.3 is 0 Å². The van der Waals surface area contributed by atoms with Crippen molar-refractivity contribution in [1.29, 1.82) is 0 Å². The molecule has 0 aliphatic carbocycles. The molecule has 2 heterocycles. The van der Waals surface area contributed by atoms with Gasteiger partial charge in [-0.15, -0.1) is 0 Å². The second-order valence-electron chi connectivity index (χ2n) is 5.49. The van der Waals surface area contributed by atoms with Crippen LogP contribution in [0.15, 0.2) is 56.0 Å². The van der Waals surface area contributed by atoms with Gasteiger partial charge in [0, 0.05) is 20.4 Å². The minimum absolute atomic E-state index is 0.289. The van der Waals surface area contributed by atoms with E-state index in [0.29, 0.717) is 26.9 Å². The molecule has 9 heteroatoms. The fourth-order valence-corrected chi connectivity index (χ4v) is 4.88. The first kappa shape index (κ1) is 17.0. The van der Waals surface area contributed by atoms with Crippen molar-refractivity contribution >= 4 is 64.2 Å². The van der Waals surface area contributed by atoms with Gasteiger partial charge in [-0.1, -0.05) is 35.1 Å². The highest BCUT2D eigenvalue weighted by Gasteiger charge is 2.31. The first-order chi connectivity index (χ1) is 12.4. The number of thioether (sulfide) groups is 2.